The molecule has 1 atom stereocenters. The Kier molecular flexibility index (Phi) is 4.71. The zero-order chi connectivity index (χ0) is 13.1. The molecular formula is C11H19NO3S2. The number of nitrogens with one attached hydrogen (secondary N) is 1. The van der Waals surface area contributed by atoms with E-state index in [0.717, 1.165) is 4.88 Å². The maximum absolute atomic E-state index is 11.6. The molecule has 1 rings (SSSR count). The molecule has 0 aliphatic carbocycles. The van der Waals surface area contributed by atoms with E-state index in [9.17, 15) is 13.5 Å². The summed E-state index contributed by atoms with van der Waals surface area (Å²) in [4.78, 5) is 0.754. The van der Waals surface area contributed by atoms with Gasteiger partial charge in [0.25, 0.3) is 0 Å². The van der Waals surface area contributed by atoms with Crippen molar-refractivity contribution in [1.29, 1.82) is 0 Å². The minimum atomic E-state index is -3.31. The Morgan fingerprint density at radius 1 is 1.53 bits per heavy atom. The molecule has 2 N–H and O–H groups in total. The van der Waals surface area contributed by atoms with Crippen molar-refractivity contribution in [1.82, 2.24) is 4.72 Å². The molecule has 1 unspecified atom stereocenters. The van der Waals surface area contributed by atoms with E-state index in [-0.39, 0.29) is 18.2 Å². The van der Waals surface area contributed by atoms with Gasteiger partial charge in [-0.2, -0.15) is 0 Å². The van der Waals surface area contributed by atoms with Crippen LogP contribution in [0.1, 0.15) is 25.6 Å². The topological polar surface area (TPSA) is 66.4 Å². The summed E-state index contributed by atoms with van der Waals surface area (Å²) >= 11 is 1.41. The van der Waals surface area contributed by atoms with Gasteiger partial charge in [0.15, 0.2) is 0 Å². The third-order valence-electron chi connectivity index (χ3n) is 2.24. The molecule has 0 fully saturated rings. The van der Waals surface area contributed by atoms with Crippen LogP contribution < -0.4 is 4.72 Å². The fourth-order valence-corrected chi connectivity index (χ4v) is 3.70. The van der Waals surface area contributed by atoms with Crippen LogP contribution in [0.3, 0.4) is 0 Å². The van der Waals surface area contributed by atoms with Gasteiger partial charge < -0.3 is 5.11 Å². The second-order valence-electron chi connectivity index (χ2n) is 4.75. The molecule has 0 aromatic carbocycles. The Labute approximate surface area is 107 Å². The van der Waals surface area contributed by atoms with Gasteiger partial charge in [0, 0.05) is 11.4 Å². The van der Waals surface area contributed by atoms with Crippen LogP contribution in [0.4, 0.5) is 0 Å². The first-order chi connectivity index (χ1) is 7.73. The second kappa shape index (κ2) is 5.48. The van der Waals surface area contributed by atoms with Crippen LogP contribution in [-0.4, -0.2) is 25.8 Å². The molecule has 0 amide bonds. The first-order valence-electron chi connectivity index (χ1n) is 5.46. The lowest BCUT2D eigenvalue weighted by molar-refractivity contribution is 0.0666. The minimum absolute atomic E-state index is 0.00255. The summed E-state index contributed by atoms with van der Waals surface area (Å²) in [7, 11) is -3.31. The summed E-state index contributed by atoms with van der Waals surface area (Å²) in [6.07, 6.45) is 0. The first-order valence-corrected chi connectivity index (χ1v) is 8.00. The summed E-state index contributed by atoms with van der Waals surface area (Å²) in [5, 5.41) is 12.0. The van der Waals surface area contributed by atoms with Crippen LogP contribution in [0.5, 0.6) is 0 Å². The first kappa shape index (κ1) is 14.6. The van der Waals surface area contributed by atoms with E-state index in [1.807, 2.05) is 25.3 Å². The van der Waals surface area contributed by atoms with Crippen LogP contribution in [-0.2, 0) is 15.6 Å². The van der Waals surface area contributed by atoms with Crippen molar-refractivity contribution in [2.45, 2.75) is 26.4 Å². The second-order valence-corrected chi connectivity index (χ2v) is 7.55. The Bertz CT molecular complexity index is 435. The molecule has 4 nitrogen and oxygen atoms in total. The molecule has 0 aliphatic heterocycles. The molecule has 0 saturated carbocycles. The third-order valence-corrected chi connectivity index (χ3v) is 5.05. The molecule has 1 heterocycles. The van der Waals surface area contributed by atoms with Crippen LogP contribution in [0.25, 0.3) is 0 Å². The normalized spacial score (nSPS) is 16.1. The van der Waals surface area contributed by atoms with Crippen molar-refractivity contribution < 1.29 is 13.5 Å². The maximum atomic E-state index is 11.6. The highest BCUT2D eigenvalue weighted by Gasteiger charge is 2.26. The molecule has 17 heavy (non-hydrogen) atoms. The Balaban J connectivity index is 2.62. The SMILES string of the molecule is CC(C)CS(=O)(=O)NCC(C)(O)c1cccs1. The highest BCUT2D eigenvalue weighted by molar-refractivity contribution is 7.89. The average molecular weight is 277 g/mol. The van der Waals surface area contributed by atoms with Crippen molar-refractivity contribution in [2.24, 2.45) is 5.92 Å². The van der Waals surface area contributed by atoms with Crippen LogP contribution in [0.15, 0.2) is 17.5 Å². The van der Waals surface area contributed by atoms with Crippen LogP contribution in [0, 0.1) is 5.92 Å². The van der Waals surface area contributed by atoms with Gasteiger partial charge in [-0.15, -0.1) is 11.3 Å². The summed E-state index contributed by atoms with van der Waals surface area (Å²) in [6, 6.07) is 3.62. The van der Waals surface area contributed by atoms with E-state index in [4.69, 9.17) is 0 Å². The summed E-state index contributed by atoms with van der Waals surface area (Å²) < 4.78 is 25.7. The molecule has 0 radical (unpaired) electrons. The third kappa shape index (κ3) is 4.75. The van der Waals surface area contributed by atoms with Crippen molar-refractivity contribution in [3.05, 3.63) is 22.4 Å². The maximum Gasteiger partial charge on any atom is 0.211 e. The molecule has 1 aromatic rings. The smallest absolute Gasteiger partial charge is 0.211 e. The van der Waals surface area contributed by atoms with E-state index in [1.165, 1.54) is 11.3 Å². The Morgan fingerprint density at radius 3 is 2.65 bits per heavy atom. The molecular weight excluding hydrogens is 258 g/mol. The fourth-order valence-electron chi connectivity index (χ4n) is 1.42. The van der Waals surface area contributed by atoms with E-state index < -0.39 is 15.6 Å². The van der Waals surface area contributed by atoms with Gasteiger partial charge in [0.1, 0.15) is 5.60 Å². The number of thiophene rings is 1. The molecule has 1 aromatic heterocycles. The van der Waals surface area contributed by atoms with Gasteiger partial charge in [-0.05, 0) is 24.3 Å². The van der Waals surface area contributed by atoms with E-state index in [1.54, 1.807) is 13.0 Å². The fraction of sp³-hybridized carbons (Fsp3) is 0.636. The highest BCUT2D eigenvalue weighted by Crippen LogP contribution is 2.24. The number of rotatable bonds is 6. The van der Waals surface area contributed by atoms with Crippen molar-refractivity contribution in [3.8, 4) is 0 Å². The lowest BCUT2D eigenvalue weighted by atomic mass is 10.1. The minimum Gasteiger partial charge on any atom is -0.383 e. The average Bonchev–Trinajstić information content (AvgIpc) is 2.66. The molecule has 0 aliphatic rings. The largest absolute Gasteiger partial charge is 0.383 e. The van der Waals surface area contributed by atoms with Gasteiger partial charge in [-0.3, -0.25) is 0 Å². The summed E-state index contributed by atoms with van der Waals surface area (Å²) in [5.74, 6) is 0.146. The van der Waals surface area contributed by atoms with Crippen molar-refractivity contribution in [2.75, 3.05) is 12.3 Å². The van der Waals surface area contributed by atoms with E-state index in [0.29, 0.717) is 0 Å². The summed E-state index contributed by atoms with van der Waals surface area (Å²) in [5.41, 5.74) is -1.15. The zero-order valence-corrected chi connectivity index (χ0v) is 11.9. The molecule has 0 spiro atoms. The van der Waals surface area contributed by atoms with Crippen molar-refractivity contribution >= 4 is 21.4 Å². The monoisotopic (exact) mass is 277 g/mol. The van der Waals surface area contributed by atoms with Crippen molar-refractivity contribution in [3.63, 3.8) is 0 Å². The van der Waals surface area contributed by atoms with E-state index in [2.05, 4.69) is 4.72 Å². The number of hydrogen-bond acceptors (Lipinski definition) is 4. The van der Waals surface area contributed by atoms with Gasteiger partial charge in [0.05, 0.1) is 5.75 Å². The lowest BCUT2D eigenvalue weighted by Crippen LogP contribution is -2.39. The van der Waals surface area contributed by atoms with Crippen LogP contribution >= 0.6 is 11.3 Å². The quantitative estimate of drug-likeness (QED) is 0.828. The Hall–Kier alpha value is -0.430. The van der Waals surface area contributed by atoms with Gasteiger partial charge in [-0.25, -0.2) is 13.1 Å². The molecule has 0 bridgehead atoms. The Morgan fingerprint density at radius 2 is 2.18 bits per heavy atom. The molecule has 0 saturated heterocycles. The highest BCUT2D eigenvalue weighted by atomic mass is 32.2. The van der Waals surface area contributed by atoms with Gasteiger partial charge in [0.2, 0.25) is 10.0 Å². The zero-order valence-electron chi connectivity index (χ0n) is 10.3. The standard InChI is InChI=1S/C11H19NO3S2/c1-9(2)7-17(14,15)12-8-11(3,13)10-5-4-6-16-10/h4-6,9,12-13H,7-8H2,1-3H3. The molecule has 98 valence electrons. The van der Waals surface area contributed by atoms with Gasteiger partial charge >= 0.3 is 0 Å². The lowest BCUT2D eigenvalue weighted by Gasteiger charge is -2.22. The van der Waals surface area contributed by atoms with E-state index >= 15 is 0 Å². The number of sulfonamides is 1. The predicted octanol–water partition coefficient (Wildman–Crippen LogP) is 1.53. The number of hydrogen-bond donors (Lipinski definition) is 2. The predicted molar refractivity (Wildman–Crippen MR) is 70.5 cm³/mol. The van der Waals surface area contributed by atoms with Crippen LogP contribution in [0.2, 0.25) is 0 Å². The summed E-state index contributed by atoms with van der Waals surface area (Å²) in [6.45, 7) is 5.30. The number of aliphatic hydroxyl groups is 1. The molecule has 6 heteroatoms. The van der Waals surface area contributed by atoms with Gasteiger partial charge in [-0.1, -0.05) is 19.9 Å².